The van der Waals surface area contributed by atoms with Gasteiger partial charge in [-0.25, -0.2) is 0 Å². The molecule has 2 aliphatic carbocycles. The summed E-state index contributed by atoms with van der Waals surface area (Å²) in [5.41, 5.74) is 9.43. The van der Waals surface area contributed by atoms with Gasteiger partial charge in [0.2, 0.25) is 0 Å². The molecule has 0 bridgehead atoms. The van der Waals surface area contributed by atoms with Crippen LogP contribution in [0.3, 0.4) is 0 Å². The van der Waals surface area contributed by atoms with Crippen molar-refractivity contribution in [3.8, 4) is 0 Å². The van der Waals surface area contributed by atoms with Gasteiger partial charge in [-0.15, -0.1) is 0 Å². The Morgan fingerprint density at radius 2 is 0.957 bits per heavy atom. The van der Waals surface area contributed by atoms with Crippen LogP contribution in [0.15, 0.2) is 41.2 Å². The molecular weight excluding hydrogens is 312 g/mol. The third-order valence-electron chi connectivity index (χ3n) is 7.80. The van der Waals surface area contributed by atoms with Crippen LogP contribution in [0.1, 0.15) is 62.3 Å². The Balaban J connectivity index is 2.84. The second-order valence-corrected chi connectivity index (χ2v) is 19.3. The zero-order valence-electron chi connectivity index (χ0n) is 17.2. The molecule has 0 nitrogen and oxygen atoms in total. The molecule has 0 aromatic carbocycles. The minimum atomic E-state index is -3.07. The predicted octanol–water partition coefficient (Wildman–Crippen LogP) is 7.11. The van der Waals surface area contributed by atoms with Crippen LogP contribution < -0.4 is 0 Å². The molecule has 0 aliphatic heterocycles. The molecule has 0 heterocycles. The van der Waals surface area contributed by atoms with Crippen molar-refractivity contribution in [2.75, 3.05) is 0 Å². The van der Waals surface area contributed by atoms with E-state index < -0.39 is 14.8 Å². The molecule has 1 heteroatoms. The molecule has 0 amide bonds. The third-order valence-corrected chi connectivity index (χ3v) is 18.2. The molecule has 0 N–H and O–H groups in total. The molecular formula is C22H36Ti. The van der Waals surface area contributed by atoms with Crippen LogP contribution in [0.25, 0.3) is 0 Å². The fourth-order valence-corrected chi connectivity index (χ4v) is 16.1. The van der Waals surface area contributed by atoms with Crippen molar-refractivity contribution >= 4 is 4.31 Å². The molecule has 0 spiro atoms. The topological polar surface area (TPSA) is 0 Å². The molecule has 0 saturated carbocycles. The van der Waals surface area contributed by atoms with E-state index in [1.165, 1.54) is 0 Å². The summed E-state index contributed by atoms with van der Waals surface area (Å²) in [5.74, 6) is 1.21. The van der Waals surface area contributed by atoms with Gasteiger partial charge in [0.1, 0.15) is 0 Å². The molecule has 23 heavy (non-hydrogen) atoms. The van der Waals surface area contributed by atoms with Crippen LogP contribution in [0, 0.1) is 11.8 Å². The SMILES string of the molecule is C[CH]=[Ti]([CH3])([CH3])([C]1=C(C)C(C)=C(C)C1C)[C]1=C(C)C(C)=C(C)C1C. The average Bonchev–Trinajstić information content (AvgIpc) is 2.81. The molecule has 0 saturated heterocycles. The molecule has 2 rings (SSSR count). The summed E-state index contributed by atoms with van der Waals surface area (Å²) in [6.07, 6.45) is 0. The first-order chi connectivity index (χ1) is 10.4. The first-order valence-corrected chi connectivity index (χ1v) is 14.8. The predicted molar refractivity (Wildman–Crippen MR) is 104 cm³/mol. The van der Waals surface area contributed by atoms with E-state index in [4.69, 9.17) is 0 Å². The average molecular weight is 348 g/mol. The van der Waals surface area contributed by atoms with Crippen molar-refractivity contribution in [2.24, 2.45) is 11.8 Å². The Bertz CT molecular complexity index is 711. The van der Waals surface area contributed by atoms with Gasteiger partial charge in [-0.05, 0) is 0 Å². The Morgan fingerprint density at radius 1 is 0.652 bits per heavy atom. The van der Waals surface area contributed by atoms with Crippen molar-refractivity contribution in [3.63, 3.8) is 0 Å². The second kappa shape index (κ2) is 5.53. The molecule has 0 aromatic rings. The Kier molecular flexibility index (Phi) is 4.54. The monoisotopic (exact) mass is 348 g/mol. The quantitative estimate of drug-likeness (QED) is 0.466. The van der Waals surface area contributed by atoms with E-state index in [0.717, 1.165) is 0 Å². The summed E-state index contributed by atoms with van der Waals surface area (Å²) in [4.78, 5) is 0. The molecule has 2 atom stereocenters. The number of hydrogen-bond donors (Lipinski definition) is 0. The van der Waals surface area contributed by atoms with Gasteiger partial charge < -0.3 is 0 Å². The van der Waals surface area contributed by atoms with Crippen LogP contribution in [-0.4, -0.2) is 4.31 Å². The molecule has 0 aromatic heterocycles. The van der Waals surface area contributed by atoms with Crippen LogP contribution in [0.2, 0.25) is 10.5 Å². The van der Waals surface area contributed by atoms with Crippen LogP contribution in [-0.2, 0) is 14.8 Å². The number of rotatable bonds is 2. The molecule has 128 valence electrons. The second-order valence-electron chi connectivity index (χ2n) is 8.92. The Labute approximate surface area is 144 Å². The summed E-state index contributed by atoms with van der Waals surface area (Å²) >= 11 is -3.07. The summed E-state index contributed by atoms with van der Waals surface area (Å²) in [7, 11) is 0. The molecule has 2 aliphatic rings. The van der Waals surface area contributed by atoms with Gasteiger partial charge in [-0.2, -0.15) is 0 Å². The van der Waals surface area contributed by atoms with Gasteiger partial charge in [0.15, 0.2) is 0 Å². The van der Waals surface area contributed by atoms with Gasteiger partial charge in [-0.1, -0.05) is 0 Å². The summed E-state index contributed by atoms with van der Waals surface area (Å²) in [6.45, 7) is 21.3. The van der Waals surface area contributed by atoms with Crippen molar-refractivity contribution in [1.29, 1.82) is 0 Å². The fourth-order valence-electron chi connectivity index (χ4n) is 5.67. The maximum atomic E-state index is 2.65. The van der Waals surface area contributed by atoms with E-state index >= 15 is 0 Å². The molecule has 2 unspecified atom stereocenters. The van der Waals surface area contributed by atoms with E-state index in [1.54, 1.807) is 41.2 Å². The summed E-state index contributed by atoms with van der Waals surface area (Å²) in [5, 5.41) is 5.30. The summed E-state index contributed by atoms with van der Waals surface area (Å²) in [6, 6.07) is 0. The molecule has 0 fully saturated rings. The van der Waals surface area contributed by atoms with Gasteiger partial charge >= 0.3 is 145 Å². The van der Waals surface area contributed by atoms with E-state index in [2.05, 4.69) is 77.1 Å². The van der Waals surface area contributed by atoms with E-state index in [9.17, 15) is 0 Å². The zero-order valence-corrected chi connectivity index (χ0v) is 18.8. The Hall–Kier alpha value is -0.456. The van der Waals surface area contributed by atoms with E-state index in [-0.39, 0.29) is 0 Å². The van der Waals surface area contributed by atoms with Crippen LogP contribution in [0.4, 0.5) is 0 Å². The van der Waals surface area contributed by atoms with E-state index in [1.807, 2.05) is 0 Å². The fraction of sp³-hybridized carbons (Fsp3) is 0.591. The van der Waals surface area contributed by atoms with Gasteiger partial charge in [0, 0.05) is 0 Å². The first-order valence-electron chi connectivity index (χ1n) is 9.18. The minimum absolute atomic E-state index is 0.604. The summed E-state index contributed by atoms with van der Waals surface area (Å²) < 4.78 is 6.24. The number of allylic oxidation sites excluding steroid dienone is 8. The first kappa shape index (κ1) is 18.9. The normalized spacial score (nSPS) is 27.0. The Morgan fingerprint density at radius 3 is 1.13 bits per heavy atom. The zero-order chi connectivity index (χ0) is 17.9. The van der Waals surface area contributed by atoms with Crippen molar-refractivity contribution < 1.29 is 14.8 Å². The van der Waals surface area contributed by atoms with Crippen LogP contribution >= 0.6 is 0 Å². The standard InChI is InChI=1S/2C9H13.C2H4.2CH3.Ti/c2*1-6-5-7(2)9(4)8(6)3;1-2;;;/h2*6H,1-4H3;1H,2H3;2*1H3;. The van der Waals surface area contributed by atoms with Crippen molar-refractivity contribution in [2.45, 2.75) is 72.8 Å². The van der Waals surface area contributed by atoms with Crippen molar-refractivity contribution in [3.05, 3.63) is 41.2 Å². The van der Waals surface area contributed by atoms with E-state index in [0.29, 0.717) is 11.8 Å². The third kappa shape index (κ3) is 2.32. The van der Waals surface area contributed by atoms with Gasteiger partial charge in [-0.3, -0.25) is 0 Å². The van der Waals surface area contributed by atoms with Crippen LogP contribution in [0.5, 0.6) is 0 Å². The number of hydrogen-bond acceptors (Lipinski definition) is 0. The molecule has 0 radical (unpaired) electrons. The maximum absolute atomic E-state index is 3.07. The van der Waals surface area contributed by atoms with Crippen molar-refractivity contribution in [1.82, 2.24) is 0 Å². The van der Waals surface area contributed by atoms with Gasteiger partial charge in [0.25, 0.3) is 0 Å². The van der Waals surface area contributed by atoms with Gasteiger partial charge in [0.05, 0.1) is 0 Å².